The first-order valence-electron chi connectivity index (χ1n) is 8.37. The summed E-state index contributed by atoms with van der Waals surface area (Å²) in [5.74, 6) is 0.849. The number of rotatable bonds is 10. The molecule has 5 nitrogen and oxygen atoms in total. The molecule has 2 aromatic rings. The summed E-state index contributed by atoms with van der Waals surface area (Å²) in [4.78, 5) is 12.5. The Morgan fingerprint density at radius 2 is 1.80 bits per heavy atom. The van der Waals surface area contributed by atoms with Crippen molar-refractivity contribution < 1.29 is 19.0 Å². The molecule has 0 aromatic heterocycles. The molecule has 2 rings (SSSR count). The molecule has 134 valence electrons. The zero-order valence-electron chi connectivity index (χ0n) is 14.8. The quantitative estimate of drug-likeness (QED) is 0.674. The van der Waals surface area contributed by atoms with Gasteiger partial charge < -0.3 is 19.5 Å². The third-order valence-electron chi connectivity index (χ3n) is 3.72. The van der Waals surface area contributed by atoms with Gasteiger partial charge in [-0.15, -0.1) is 0 Å². The van der Waals surface area contributed by atoms with Gasteiger partial charge in [-0.3, -0.25) is 4.79 Å². The number of benzene rings is 2. The van der Waals surface area contributed by atoms with E-state index in [2.05, 4.69) is 5.32 Å². The lowest BCUT2D eigenvalue weighted by molar-refractivity contribution is 0.0950. The van der Waals surface area contributed by atoms with Gasteiger partial charge >= 0.3 is 0 Å². The fourth-order valence-corrected chi connectivity index (χ4v) is 2.46. The predicted molar refractivity (Wildman–Crippen MR) is 97.5 cm³/mol. The smallest absolute Gasteiger partial charge is 0.255 e. The normalized spacial score (nSPS) is 10.3. The number of nitrogens with one attached hydrogen (secondary N) is 1. The summed E-state index contributed by atoms with van der Waals surface area (Å²) < 4.78 is 16.1. The molecule has 0 aliphatic heterocycles. The molecule has 0 bridgehead atoms. The van der Waals surface area contributed by atoms with Crippen molar-refractivity contribution in [3.8, 4) is 11.5 Å². The largest absolute Gasteiger partial charge is 0.492 e. The van der Waals surface area contributed by atoms with Crippen LogP contribution in [0.15, 0.2) is 48.5 Å². The minimum absolute atomic E-state index is 0.171. The second kappa shape index (κ2) is 10.4. The molecule has 0 heterocycles. The van der Waals surface area contributed by atoms with Gasteiger partial charge in [0.2, 0.25) is 0 Å². The Morgan fingerprint density at radius 3 is 2.52 bits per heavy atom. The maximum atomic E-state index is 12.5. The van der Waals surface area contributed by atoms with Crippen molar-refractivity contribution in [1.29, 1.82) is 0 Å². The number of para-hydroxylation sites is 1. The molecular weight excluding hydrogens is 318 g/mol. The highest BCUT2D eigenvalue weighted by Gasteiger charge is 2.16. The summed E-state index contributed by atoms with van der Waals surface area (Å²) in [5.41, 5.74) is 1.66. The van der Waals surface area contributed by atoms with Crippen LogP contribution in [0.25, 0.3) is 0 Å². The molecule has 0 radical (unpaired) electrons. The van der Waals surface area contributed by atoms with E-state index in [1.807, 2.05) is 30.3 Å². The molecule has 0 aliphatic carbocycles. The van der Waals surface area contributed by atoms with Gasteiger partial charge in [0.15, 0.2) is 11.5 Å². The molecular formula is C20H25NO4. The minimum atomic E-state index is -0.171. The zero-order valence-corrected chi connectivity index (χ0v) is 14.8. The van der Waals surface area contributed by atoms with E-state index in [4.69, 9.17) is 14.2 Å². The Bertz CT molecular complexity index is 658. The summed E-state index contributed by atoms with van der Waals surface area (Å²) in [6, 6.07) is 15.4. The van der Waals surface area contributed by atoms with Crippen molar-refractivity contribution in [2.75, 3.05) is 34.0 Å². The van der Waals surface area contributed by atoms with Crippen LogP contribution in [0.1, 0.15) is 22.3 Å². The maximum absolute atomic E-state index is 12.5. The Balaban J connectivity index is 1.95. The van der Waals surface area contributed by atoms with E-state index < -0.39 is 0 Å². The van der Waals surface area contributed by atoms with Gasteiger partial charge in [-0.1, -0.05) is 36.4 Å². The first kappa shape index (κ1) is 18.8. The van der Waals surface area contributed by atoms with E-state index in [0.29, 0.717) is 36.8 Å². The molecule has 0 atom stereocenters. The summed E-state index contributed by atoms with van der Waals surface area (Å²) in [6.07, 6.45) is 1.55. The van der Waals surface area contributed by atoms with Crippen molar-refractivity contribution in [3.63, 3.8) is 0 Å². The first-order valence-corrected chi connectivity index (χ1v) is 8.37. The van der Waals surface area contributed by atoms with Gasteiger partial charge in [0.05, 0.1) is 19.3 Å². The van der Waals surface area contributed by atoms with Crippen molar-refractivity contribution in [2.45, 2.75) is 12.8 Å². The summed E-state index contributed by atoms with van der Waals surface area (Å²) >= 11 is 0. The maximum Gasteiger partial charge on any atom is 0.255 e. The van der Waals surface area contributed by atoms with Crippen molar-refractivity contribution in [2.24, 2.45) is 0 Å². The second-order valence-corrected chi connectivity index (χ2v) is 5.52. The number of hydrogen-bond donors (Lipinski definition) is 1. The lowest BCUT2D eigenvalue weighted by atomic mass is 10.1. The lowest BCUT2D eigenvalue weighted by Gasteiger charge is -2.14. The van der Waals surface area contributed by atoms with Gasteiger partial charge in [0.25, 0.3) is 5.91 Å². The third kappa shape index (κ3) is 5.80. The van der Waals surface area contributed by atoms with E-state index in [1.165, 1.54) is 12.7 Å². The molecule has 0 spiro atoms. The number of methoxy groups -OCH3 is 2. The molecule has 1 N–H and O–H groups in total. The lowest BCUT2D eigenvalue weighted by Crippen LogP contribution is -2.26. The van der Waals surface area contributed by atoms with Gasteiger partial charge in [-0.25, -0.2) is 0 Å². The number of amides is 1. The standard InChI is InChI=1S/C20H25NO4/c1-23-14-7-15-25-18-11-6-10-17(19(18)24-2)20(22)21-13-12-16-8-4-3-5-9-16/h3-6,8-11H,7,12-15H2,1-2H3,(H,21,22). The molecule has 0 saturated carbocycles. The van der Waals surface area contributed by atoms with Gasteiger partial charge in [0, 0.05) is 26.7 Å². The Morgan fingerprint density at radius 1 is 1.00 bits per heavy atom. The van der Waals surface area contributed by atoms with E-state index >= 15 is 0 Å². The molecule has 5 heteroatoms. The first-order chi connectivity index (χ1) is 12.3. The van der Waals surface area contributed by atoms with E-state index in [0.717, 1.165) is 12.8 Å². The van der Waals surface area contributed by atoms with Crippen LogP contribution in [-0.4, -0.2) is 39.9 Å². The fraction of sp³-hybridized carbons (Fsp3) is 0.350. The highest BCUT2D eigenvalue weighted by atomic mass is 16.5. The highest BCUT2D eigenvalue weighted by Crippen LogP contribution is 2.31. The Labute approximate surface area is 148 Å². The predicted octanol–water partition coefficient (Wildman–Crippen LogP) is 3.08. The van der Waals surface area contributed by atoms with Crippen LogP contribution >= 0.6 is 0 Å². The van der Waals surface area contributed by atoms with Crippen LogP contribution in [0, 0.1) is 0 Å². The van der Waals surface area contributed by atoms with Gasteiger partial charge in [0.1, 0.15) is 0 Å². The number of carbonyl (C=O) groups is 1. The number of hydrogen-bond acceptors (Lipinski definition) is 4. The molecule has 25 heavy (non-hydrogen) atoms. The van der Waals surface area contributed by atoms with Crippen LogP contribution in [0.2, 0.25) is 0 Å². The van der Waals surface area contributed by atoms with Gasteiger partial charge in [-0.2, -0.15) is 0 Å². The zero-order chi connectivity index (χ0) is 17.9. The van der Waals surface area contributed by atoms with E-state index in [1.54, 1.807) is 25.3 Å². The minimum Gasteiger partial charge on any atom is -0.492 e. The molecule has 0 fully saturated rings. The van der Waals surface area contributed by atoms with Crippen LogP contribution in [0.3, 0.4) is 0 Å². The van der Waals surface area contributed by atoms with Gasteiger partial charge in [-0.05, 0) is 24.1 Å². The Hall–Kier alpha value is -2.53. The Kier molecular flexibility index (Phi) is 7.79. The van der Waals surface area contributed by atoms with E-state index in [-0.39, 0.29) is 5.91 Å². The van der Waals surface area contributed by atoms with Crippen molar-refractivity contribution in [1.82, 2.24) is 5.32 Å². The van der Waals surface area contributed by atoms with Crippen molar-refractivity contribution in [3.05, 3.63) is 59.7 Å². The molecule has 0 aliphatic rings. The molecule has 1 amide bonds. The summed E-state index contributed by atoms with van der Waals surface area (Å²) in [5, 5.41) is 2.93. The van der Waals surface area contributed by atoms with Crippen LogP contribution in [0.4, 0.5) is 0 Å². The monoisotopic (exact) mass is 343 g/mol. The molecule has 2 aromatic carbocycles. The van der Waals surface area contributed by atoms with Crippen LogP contribution in [0.5, 0.6) is 11.5 Å². The summed E-state index contributed by atoms with van der Waals surface area (Å²) in [7, 11) is 3.19. The second-order valence-electron chi connectivity index (χ2n) is 5.52. The van der Waals surface area contributed by atoms with E-state index in [9.17, 15) is 4.79 Å². The average Bonchev–Trinajstić information content (AvgIpc) is 2.65. The SMILES string of the molecule is COCCCOc1cccc(C(=O)NCCc2ccccc2)c1OC. The van der Waals surface area contributed by atoms with Crippen LogP contribution in [-0.2, 0) is 11.2 Å². The fourth-order valence-electron chi connectivity index (χ4n) is 2.46. The molecule has 0 saturated heterocycles. The highest BCUT2D eigenvalue weighted by molar-refractivity contribution is 5.97. The number of ether oxygens (including phenoxy) is 3. The average molecular weight is 343 g/mol. The van der Waals surface area contributed by atoms with Crippen molar-refractivity contribution >= 4 is 5.91 Å². The number of carbonyl (C=O) groups excluding carboxylic acids is 1. The van der Waals surface area contributed by atoms with Crippen LogP contribution < -0.4 is 14.8 Å². The summed E-state index contributed by atoms with van der Waals surface area (Å²) in [6.45, 7) is 1.69. The molecule has 0 unspecified atom stereocenters. The topological polar surface area (TPSA) is 56.8 Å². The third-order valence-corrected chi connectivity index (χ3v) is 3.72.